The lowest BCUT2D eigenvalue weighted by molar-refractivity contribution is 0.391. The van der Waals surface area contributed by atoms with Crippen LogP contribution in [-0.4, -0.2) is 6.04 Å². The largest absolute Gasteiger partial charge is 0.309 e. The van der Waals surface area contributed by atoms with Crippen LogP contribution in [0.4, 0.5) is 0 Å². The minimum Gasteiger partial charge on any atom is -0.309 e. The quantitative estimate of drug-likeness (QED) is 0.764. The van der Waals surface area contributed by atoms with Crippen molar-refractivity contribution in [1.82, 2.24) is 5.32 Å². The van der Waals surface area contributed by atoms with E-state index in [1.165, 1.54) is 11.3 Å². The van der Waals surface area contributed by atoms with E-state index in [-0.39, 0.29) is 0 Å². The van der Waals surface area contributed by atoms with Crippen LogP contribution in [0.25, 0.3) is 0 Å². The molecule has 74 valence electrons. The molecule has 0 fully saturated rings. The Balaban J connectivity index is 2.26. The van der Waals surface area contributed by atoms with E-state index in [4.69, 9.17) is 0 Å². The maximum atomic E-state index is 3.55. The Morgan fingerprint density at radius 1 is 1.46 bits per heavy atom. The minimum absolute atomic E-state index is 0.618. The van der Waals surface area contributed by atoms with Gasteiger partial charge in [0.25, 0.3) is 0 Å². The minimum atomic E-state index is 0.618. The van der Waals surface area contributed by atoms with Gasteiger partial charge in [0.2, 0.25) is 0 Å². The van der Waals surface area contributed by atoms with Crippen LogP contribution >= 0.6 is 11.3 Å². The molecule has 0 amide bonds. The van der Waals surface area contributed by atoms with Crippen molar-refractivity contribution in [2.24, 2.45) is 5.92 Å². The monoisotopic (exact) mass is 197 g/mol. The Morgan fingerprint density at radius 2 is 2.23 bits per heavy atom. The van der Waals surface area contributed by atoms with Gasteiger partial charge >= 0.3 is 0 Å². The SMILES string of the molecule is CC[C@@H](C)[C@H](C)NCc1cccs1. The third-order valence-electron chi connectivity index (χ3n) is 2.68. The van der Waals surface area contributed by atoms with E-state index in [0.717, 1.165) is 12.5 Å². The standard InChI is InChI=1S/C11H19NS/c1-4-9(2)10(3)12-8-11-6-5-7-13-11/h5-7,9-10,12H,4,8H2,1-3H3/t9-,10+/m1/s1. The van der Waals surface area contributed by atoms with Gasteiger partial charge in [0.1, 0.15) is 0 Å². The molecule has 0 aromatic carbocycles. The second-order valence-corrected chi connectivity index (χ2v) is 4.67. The van der Waals surface area contributed by atoms with E-state index < -0.39 is 0 Å². The number of thiophene rings is 1. The first kappa shape index (κ1) is 10.7. The summed E-state index contributed by atoms with van der Waals surface area (Å²) in [5, 5.41) is 5.68. The average Bonchev–Trinajstić information content (AvgIpc) is 2.65. The van der Waals surface area contributed by atoms with E-state index in [2.05, 4.69) is 43.6 Å². The highest BCUT2D eigenvalue weighted by atomic mass is 32.1. The Kier molecular flexibility index (Phi) is 4.46. The predicted molar refractivity (Wildman–Crippen MR) is 60.1 cm³/mol. The highest BCUT2D eigenvalue weighted by molar-refractivity contribution is 7.09. The summed E-state index contributed by atoms with van der Waals surface area (Å²) in [7, 11) is 0. The Bertz CT molecular complexity index is 218. The second kappa shape index (κ2) is 5.40. The third-order valence-corrected chi connectivity index (χ3v) is 3.55. The molecule has 0 aliphatic carbocycles. The van der Waals surface area contributed by atoms with Crippen LogP contribution in [0.15, 0.2) is 17.5 Å². The Labute approximate surface area is 85.2 Å². The van der Waals surface area contributed by atoms with Gasteiger partial charge in [-0.1, -0.05) is 26.3 Å². The molecule has 0 bridgehead atoms. The van der Waals surface area contributed by atoms with Crippen molar-refractivity contribution in [1.29, 1.82) is 0 Å². The van der Waals surface area contributed by atoms with Crippen molar-refractivity contribution in [3.8, 4) is 0 Å². The molecule has 2 heteroatoms. The first-order chi connectivity index (χ1) is 6.24. The van der Waals surface area contributed by atoms with Gasteiger partial charge in [0, 0.05) is 17.5 Å². The van der Waals surface area contributed by atoms with Gasteiger partial charge in [-0.25, -0.2) is 0 Å². The molecule has 1 N–H and O–H groups in total. The first-order valence-electron chi connectivity index (χ1n) is 4.99. The predicted octanol–water partition coefficient (Wildman–Crippen LogP) is 3.27. The second-order valence-electron chi connectivity index (χ2n) is 3.63. The van der Waals surface area contributed by atoms with Crippen molar-refractivity contribution < 1.29 is 0 Å². The fourth-order valence-corrected chi connectivity index (χ4v) is 1.89. The fourth-order valence-electron chi connectivity index (χ4n) is 1.23. The summed E-state index contributed by atoms with van der Waals surface area (Å²) in [5.41, 5.74) is 0. The molecule has 0 spiro atoms. The van der Waals surface area contributed by atoms with Crippen LogP contribution in [0, 0.1) is 5.92 Å². The van der Waals surface area contributed by atoms with Crippen molar-refractivity contribution in [2.45, 2.75) is 39.8 Å². The van der Waals surface area contributed by atoms with Crippen LogP contribution in [0.1, 0.15) is 32.1 Å². The number of hydrogen-bond donors (Lipinski definition) is 1. The number of hydrogen-bond acceptors (Lipinski definition) is 2. The van der Waals surface area contributed by atoms with Gasteiger partial charge in [-0.3, -0.25) is 0 Å². The van der Waals surface area contributed by atoms with E-state index in [9.17, 15) is 0 Å². The number of nitrogens with one attached hydrogen (secondary N) is 1. The van der Waals surface area contributed by atoms with Crippen LogP contribution in [0.5, 0.6) is 0 Å². The molecule has 0 saturated heterocycles. The summed E-state index contributed by atoms with van der Waals surface area (Å²) in [6.07, 6.45) is 1.25. The summed E-state index contributed by atoms with van der Waals surface area (Å²) < 4.78 is 0. The maximum absolute atomic E-state index is 3.55. The molecule has 0 aliphatic rings. The third kappa shape index (κ3) is 3.49. The molecule has 2 atom stereocenters. The zero-order chi connectivity index (χ0) is 9.68. The molecule has 1 aromatic heterocycles. The maximum Gasteiger partial charge on any atom is 0.0302 e. The topological polar surface area (TPSA) is 12.0 Å². The van der Waals surface area contributed by atoms with Crippen molar-refractivity contribution in [2.75, 3.05) is 0 Å². The van der Waals surface area contributed by atoms with Gasteiger partial charge in [-0.2, -0.15) is 0 Å². The van der Waals surface area contributed by atoms with E-state index in [1.807, 2.05) is 11.3 Å². The summed E-state index contributed by atoms with van der Waals surface area (Å²) >= 11 is 1.82. The lowest BCUT2D eigenvalue weighted by Gasteiger charge is -2.19. The van der Waals surface area contributed by atoms with Crippen LogP contribution in [-0.2, 0) is 6.54 Å². The summed E-state index contributed by atoms with van der Waals surface area (Å²) in [6.45, 7) is 7.82. The van der Waals surface area contributed by atoms with Gasteiger partial charge in [0.15, 0.2) is 0 Å². The fraction of sp³-hybridized carbons (Fsp3) is 0.636. The molecule has 1 nitrogen and oxygen atoms in total. The summed E-state index contributed by atoms with van der Waals surface area (Å²) in [5.74, 6) is 0.764. The molecule has 1 heterocycles. The Hall–Kier alpha value is -0.340. The van der Waals surface area contributed by atoms with Gasteiger partial charge in [-0.15, -0.1) is 11.3 Å². The molecule has 13 heavy (non-hydrogen) atoms. The normalized spacial score (nSPS) is 15.6. The van der Waals surface area contributed by atoms with E-state index in [1.54, 1.807) is 0 Å². The molecule has 1 rings (SSSR count). The van der Waals surface area contributed by atoms with Crippen molar-refractivity contribution in [3.05, 3.63) is 22.4 Å². The summed E-state index contributed by atoms with van der Waals surface area (Å²) in [6, 6.07) is 4.91. The van der Waals surface area contributed by atoms with Crippen LogP contribution in [0.2, 0.25) is 0 Å². The molecule has 1 aromatic rings. The van der Waals surface area contributed by atoms with Gasteiger partial charge < -0.3 is 5.32 Å². The highest BCUT2D eigenvalue weighted by Gasteiger charge is 2.08. The summed E-state index contributed by atoms with van der Waals surface area (Å²) in [4.78, 5) is 1.43. The van der Waals surface area contributed by atoms with Crippen molar-refractivity contribution in [3.63, 3.8) is 0 Å². The zero-order valence-corrected chi connectivity index (χ0v) is 9.53. The van der Waals surface area contributed by atoms with E-state index >= 15 is 0 Å². The molecule has 0 unspecified atom stereocenters. The molecule has 0 radical (unpaired) electrons. The Morgan fingerprint density at radius 3 is 2.77 bits per heavy atom. The average molecular weight is 197 g/mol. The molecule has 0 aliphatic heterocycles. The lowest BCUT2D eigenvalue weighted by atomic mass is 10.0. The van der Waals surface area contributed by atoms with E-state index in [0.29, 0.717) is 6.04 Å². The zero-order valence-electron chi connectivity index (χ0n) is 8.71. The molecular weight excluding hydrogens is 178 g/mol. The number of rotatable bonds is 5. The molecular formula is C11H19NS. The van der Waals surface area contributed by atoms with Crippen molar-refractivity contribution >= 4 is 11.3 Å². The molecule has 0 saturated carbocycles. The van der Waals surface area contributed by atoms with Gasteiger partial charge in [-0.05, 0) is 24.3 Å². The smallest absolute Gasteiger partial charge is 0.0302 e. The first-order valence-corrected chi connectivity index (χ1v) is 5.87. The highest BCUT2D eigenvalue weighted by Crippen LogP contribution is 2.11. The van der Waals surface area contributed by atoms with Crippen LogP contribution in [0.3, 0.4) is 0 Å². The van der Waals surface area contributed by atoms with Crippen LogP contribution < -0.4 is 5.32 Å². The lowest BCUT2D eigenvalue weighted by Crippen LogP contribution is -2.30. The van der Waals surface area contributed by atoms with Gasteiger partial charge in [0.05, 0.1) is 0 Å².